The second-order valence-corrected chi connectivity index (χ2v) is 3.96. The van der Waals surface area contributed by atoms with Crippen LogP contribution in [-0.4, -0.2) is 30.2 Å². The maximum atomic E-state index is 12.4. The monoisotopic (exact) mass is 281 g/mol. The summed E-state index contributed by atoms with van der Waals surface area (Å²) < 4.78 is 37.1. The molecule has 0 amide bonds. The fourth-order valence-corrected chi connectivity index (χ4v) is 1.49. The van der Waals surface area contributed by atoms with Crippen molar-refractivity contribution in [1.29, 1.82) is 0 Å². The Morgan fingerprint density at radius 1 is 1.39 bits per heavy atom. The number of aliphatic hydroxyl groups excluding tert-OH is 1. The van der Waals surface area contributed by atoms with Crippen LogP contribution in [0.25, 0.3) is 0 Å². The number of benzene rings is 1. The molecule has 0 fully saturated rings. The number of halogens is 4. The number of hydrogen-bond donors (Lipinski definition) is 2. The summed E-state index contributed by atoms with van der Waals surface area (Å²) in [5, 5.41) is 11.3. The lowest BCUT2D eigenvalue weighted by molar-refractivity contribution is -0.0884. The molecule has 2 N–H and O–H groups in total. The summed E-state index contributed by atoms with van der Waals surface area (Å²) in [5.41, 5.74) is -0.469. The van der Waals surface area contributed by atoms with Crippen molar-refractivity contribution in [2.24, 2.45) is 0 Å². The summed E-state index contributed by atoms with van der Waals surface area (Å²) in [7, 11) is 0. The van der Waals surface area contributed by atoms with Crippen LogP contribution >= 0.6 is 11.6 Å². The second kappa shape index (κ2) is 6.06. The third kappa shape index (κ3) is 3.89. The highest BCUT2D eigenvalue weighted by Gasteiger charge is 2.40. The normalized spacial score (nSPS) is 11.4. The molecule has 0 spiro atoms. The fraction of sp³-hybridized carbons (Fsp3) is 0.364. The summed E-state index contributed by atoms with van der Waals surface area (Å²) in [6.45, 7) is 0.166. The zero-order chi connectivity index (χ0) is 13.8. The molecule has 0 aliphatic heterocycles. The molecule has 0 bridgehead atoms. The molecule has 7 heteroatoms. The van der Waals surface area contributed by atoms with Gasteiger partial charge in [-0.25, -0.2) is 0 Å². The van der Waals surface area contributed by atoms with E-state index in [-0.39, 0.29) is 23.9 Å². The van der Waals surface area contributed by atoms with E-state index in [4.69, 9.17) is 16.7 Å². The molecule has 0 aliphatic carbocycles. The van der Waals surface area contributed by atoms with Crippen LogP contribution in [0, 0.1) is 0 Å². The molecule has 0 radical (unpaired) electrons. The van der Waals surface area contributed by atoms with Gasteiger partial charge in [-0.05, 0) is 24.6 Å². The standard InChI is InChI=1S/C11H11ClF3NO2/c12-7-2-3-9(16-4-1-5-17)8(6-7)10(18)11(13,14)15/h2-3,6,16-17H,1,4-5H2. The van der Waals surface area contributed by atoms with E-state index in [0.717, 1.165) is 6.07 Å². The Labute approximate surface area is 107 Å². The SMILES string of the molecule is O=C(c1cc(Cl)ccc1NCCCO)C(F)(F)F. The number of rotatable bonds is 5. The lowest BCUT2D eigenvalue weighted by atomic mass is 10.1. The first kappa shape index (κ1) is 14.8. The van der Waals surface area contributed by atoms with Gasteiger partial charge in [0, 0.05) is 23.9 Å². The summed E-state index contributed by atoms with van der Waals surface area (Å²) in [4.78, 5) is 11.2. The van der Waals surface area contributed by atoms with Gasteiger partial charge in [0.2, 0.25) is 0 Å². The molecule has 0 heterocycles. The minimum Gasteiger partial charge on any atom is -0.396 e. The van der Waals surface area contributed by atoms with Gasteiger partial charge in [-0.2, -0.15) is 13.2 Å². The van der Waals surface area contributed by atoms with Crippen LogP contribution in [0.1, 0.15) is 16.8 Å². The van der Waals surface area contributed by atoms with Gasteiger partial charge < -0.3 is 10.4 Å². The lowest BCUT2D eigenvalue weighted by Crippen LogP contribution is -2.24. The predicted molar refractivity (Wildman–Crippen MR) is 62.0 cm³/mol. The maximum Gasteiger partial charge on any atom is 0.454 e. The van der Waals surface area contributed by atoms with E-state index >= 15 is 0 Å². The smallest absolute Gasteiger partial charge is 0.396 e. The van der Waals surface area contributed by atoms with Crippen LogP contribution in [-0.2, 0) is 0 Å². The molecule has 18 heavy (non-hydrogen) atoms. The molecule has 1 rings (SSSR count). The number of carbonyl (C=O) groups is 1. The van der Waals surface area contributed by atoms with Crippen LogP contribution in [0.15, 0.2) is 18.2 Å². The van der Waals surface area contributed by atoms with Gasteiger partial charge in [0.15, 0.2) is 0 Å². The first-order valence-corrected chi connectivity index (χ1v) is 5.50. The van der Waals surface area contributed by atoms with Crippen LogP contribution in [0.3, 0.4) is 0 Å². The Kier molecular flexibility index (Phi) is 4.98. The van der Waals surface area contributed by atoms with Crippen molar-refractivity contribution >= 4 is 23.1 Å². The van der Waals surface area contributed by atoms with E-state index in [1.807, 2.05) is 0 Å². The van der Waals surface area contributed by atoms with E-state index in [1.54, 1.807) is 0 Å². The second-order valence-electron chi connectivity index (χ2n) is 3.52. The van der Waals surface area contributed by atoms with Gasteiger partial charge in [-0.15, -0.1) is 0 Å². The topological polar surface area (TPSA) is 49.3 Å². The summed E-state index contributed by atoms with van der Waals surface area (Å²) in [5.74, 6) is -1.95. The number of hydrogen-bond acceptors (Lipinski definition) is 3. The molecule has 1 aromatic carbocycles. The quantitative estimate of drug-likeness (QED) is 0.644. The third-order valence-electron chi connectivity index (χ3n) is 2.13. The Hall–Kier alpha value is -1.27. The lowest BCUT2D eigenvalue weighted by Gasteiger charge is -2.12. The zero-order valence-electron chi connectivity index (χ0n) is 9.22. The Morgan fingerprint density at radius 3 is 2.61 bits per heavy atom. The highest BCUT2D eigenvalue weighted by Crippen LogP contribution is 2.28. The third-order valence-corrected chi connectivity index (χ3v) is 2.37. The highest BCUT2D eigenvalue weighted by atomic mass is 35.5. The Bertz CT molecular complexity index is 435. The van der Waals surface area contributed by atoms with Crippen LogP contribution in [0.5, 0.6) is 0 Å². The van der Waals surface area contributed by atoms with Gasteiger partial charge in [0.25, 0.3) is 5.78 Å². The molecule has 100 valence electrons. The summed E-state index contributed by atoms with van der Waals surface area (Å²) in [6.07, 6.45) is -4.58. The van der Waals surface area contributed by atoms with Gasteiger partial charge in [-0.3, -0.25) is 4.79 Å². The maximum absolute atomic E-state index is 12.4. The molecular formula is C11H11ClF3NO2. The predicted octanol–water partition coefficient (Wildman–Crippen LogP) is 2.88. The molecule has 0 aliphatic rings. The average Bonchev–Trinajstić information content (AvgIpc) is 2.29. The van der Waals surface area contributed by atoms with Crippen LogP contribution in [0.4, 0.5) is 18.9 Å². The molecule has 3 nitrogen and oxygen atoms in total. The molecule has 0 atom stereocenters. The molecule has 0 saturated carbocycles. The largest absolute Gasteiger partial charge is 0.454 e. The van der Waals surface area contributed by atoms with Gasteiger partial charge in [0.1, 0.15) is 0 Å². The molecule has 0 saturated heterocycles. The number of carbonyl (C=O) groups excluding carboxylic acids is 1. The molecule has 0 aromatic heterocycles. The first-order chi connectivity index (χ1) is 8.36. The van der Waals surface area contributed by atoms with Crippen molar-refractivity contribution in [2.45, 2.75) is 12.6 Å². The van der Waals surface area contributed by atoms with E-state index in [0.29, 0.717) is 6.42 Å². The van der Waals surface area contributed by atoms with E-state index in [1.165, 1.54) is 12.1 Å². The highest BCUT2D eigenvalue weighted by molar-refractivity contribution is 6.31. The van der Waals surface area contributed by atoms with Crippen molar-refractivity contribution in [3.63, 3.8) is 0 Å². The molecular weight excluding hydrogens is 271 g/mol. The fourth-order valence-electron chi connectivity index (χ4n) is 1.31. The van der Waals surface area contributed by atoms with Crippen molar-refractivity contribution in [3.8, 4) is 0 Å². The minimum atomic E-state index is -4.95. The number of ketones is 1. The zero-order valence-corrected chi connectivity index (χ0v) is 9.98. The van der Waals surface area contributed by atoms with Gasteiger partial charge >= 0.3 is 6.18 Å². The van der Waals surface area contributed by atoms with Crippen LogP contribution < -0.4 is 5.32 Å². The van der Waals surface area contributed by atoms with E-state index in [2.05, 4.69) is 5.32 Å². The number of anilines is 1. The number of nitrogens with one attached hydrogen (secondary N) is 1. The van der Waals surface area contributed by atoms with Crippen LogP contribution in [0.2, 0.25) is 5.02 Å². The van der Waals surface area contributed by atoms with Crippen molar-refractivity contribution in [2.75, 3.05) is 18.5 Å². The van der Waals surface area contributed by atoms with E-state index < -0.39 is 17.5 Å². The number of alkyl halides is 3. The first-order valence-electron chi connectivity index (χ1n) is 5.12. The van der Waals surface area contributed by atoms with Crippen molar-refractivity contribution in [3.05, 3.63) is 28.8 Å². The van der Waals surface area contributed by atoms with Gasteiger partial charge in [-0.1, -0.05) is 11.6 Å². The number of aliphatic hydroxyl groups is 1. The Morgan fingerprint density at radius 2 is 2.06 bits per heavy atom. The Balaban J connectivity index is 3.00. The summed E-state index contributed by atoms with van der Waals surface area (Å²) >= 11 is 5.58. The van der Waals surface area contributed by atoms with Crippen molar-refractivity contribution < 1.29 is 23.1 Å². The van der Waals surface area contributed by atoms with E-state index in [9.17, 15) is 18.0 Å². The molecule has 1 aromatic rings. The minimum absolute atomic E-state index is 0.0511. The average molecular weight is 282 g/mol. The summed E-state index contributed by atoms with van der Waals surface area (Å²) in [6, 6.07) is 3.66. The van der Waals surface area contributed by atoms with Crippen molar-refractivity contribution in [1.82, 2.24) is 0 Å². The molecule has 0 unspecified atom stereocenters. The number of Topliss-reactive ketones (excluding diaryl/α,β-unsaturated/α-hetero) is 1. The van der Waals surface area contributed by atoms with Gasteiger partial charge in [0.05, 0.1) is 5.56 Å².